The van der Waals surface area contributed by atoms with Crippen molar-refractivity contribution in [2.45, 2.75) is 6.54 Å². The molecule has 0 amide bonds. The Morgan fingerprint density at radius 3 is 2.55 bits per heavy atom. The summed E-state index contributed by atoms with van der Waals surface area (Å²) >= 11 is 0. The van der Waals surface area contributed by atoms with Crippen LogP contribution in [-0.4, -0.2) is 72.2 Å². The summed E-state index contributed by atoms with van der Waals surface area (Å²) < 4.78 is 3.01. The number of nitrogens with zero attached hydrogens (tertiary/aromatic N) is 9. The molecule has 0 spiro atoms. The van der Waals surface area contributed by atoms with E-state index < -0.39 is 0 Å². The first-order valence-corrected chi connectivity index (χ1v) is 10.00. The highest BCUT2D eigenvalue weighted by molar-refractivity contribution is 5.81. The predicted molar refractivity (Wildman–Crippen MR) is 114 cm³/mol. The molecule has 1 aliphatic rings. The van der Waals surface area contributed by atoms with Crippen LogP contribution in [0.25, 0.3) is 16.7 Å². The maximum absolute atomic E-state index is 12.5. The zero-order valence-corrected chi connectivity index (χ0v) is 16.7. The first-order chi connectivity index (χ1) is 15.2. The van der Waals surface area contributed by atoms with Gasteiger partial charge in [-0.1, -0.05) is 0 Å². The number of rotatable bonds is 5. The second-order valence-corrected chi connectivity index (χ2v) is 7.22. The molecule has 0 unspecified atom stereocenters. The Morgan fingerprint density at radius 1 is 0.968 bits per heavy atom. The van der Waals surface area contributed by atoms with Gasteiger partial charge < -0.3 is 14.9 Å². The van der Waals surface area contributed by atoms with Gasteiger partial charge >= 0.3 is 0 Å². The fraction of sp³-hybridized carbons (Fsp3) is 0.300. The van der Waals surface area contributed by atoms with Gasteiger partial charge in [-0.05, 0) is 18.2 Å². The summed E-state index contributed by atoms with van der Waals surface area (Å²) in [5, 5.41) is 13.7. The zero-order chi connectivity index (χ0) is 21.2. The number of fused-ring (bicyclic) bond motifs is 1. The highest BCUT2D eigenvalue weighted by Crippen LogP contribution is 2.22. The number of hydrogen-bond acceptors (Lipinski definition) is 9. The number of anilines is 2. The Kier molecular flexibility index (Phi) is 5.00. The summed E-state index contributed by atoms with van der Waals surface area (Å²) in [5.74, 6) is 1.43. The topological polar surface area (TPSA) is 118 Å². The third-order valence-corrected chi connectivity index (χ3v) is 5.38. The zero-order valence-electron chi connectivity index (χ0n) is 16.7. The fourth-order valence-electron chi connectivity index (χ4n) is 3.74. The molecule has 11 nitrogen and oxygen atoms in total. The van der Waals surface area contributed by atoms with Crippen LogP contribution in [-0.2, 0) is 6.54 Å². The smallest absolute Gasteiger partial charge is 0.261 e. The molecule has 1 N–H and O–H groups in total. The van der Waals surface area contributed by atoms with Crippen molar-refractivity contribution in [1.29, 1.82) is 0 Å². The standard InChI is InChI=1S/C20H21N9O2/c30-8-7-28-14-23-17-9-15(1-2-16(17)20(28)31)26-3-5-27(6-4-26)18-10-21-11-19(25-18)29-13-22-12-24-29/h1-2,9-14,30H,3-8H2. The summed E-state index contributed by atoms with van der Waals surface area (Å²) in [6, 6.07) is 5.71. The van der Waals surface area contributed by atoms with E-state index in [4.69, 9.17) is 5.11 Å². The fourth-order valence-corrected chi connectivity index (χ4v) is 3.74. The van der Waals surface area contributed by atoms with Crippen LogP contribution in [0.5, 0.6) is 0 Å². The average molecular weight is 419 g/mol. The number of aromatic nitrogens is 7. The molecule has 158 valence electrons. The summed E-state index contributed by atoms with van der Waals surface area (Å²) in [5.41, 5.74) is 1.55. The molecule has 0 bridgehead atoms. The first-order valence-electron chi connectivity index (χ1n) is 10.00. The van der Waals surface area contributed by atoms with Gasteiger partial charge in [0.1, 0.15) is 18.5 Å². The minimum Gasteiger partial charge on any atom is -0.395 e. The van der Waals surface area contributed by atoms with Crippen LogP contribution in [0.1, 0.15) is 0 Å². The maximum atomic E-state index is 12.5. The van der Waals surface area contributed by atoms with Gasteiger partial charge in [0.05, 0.1) is 42.8 Å². The van der Waals surface area contributed by atoms with E-state index in [0.717, 1.165) is 37.7 Å². The molecule has 1 aliphatic heterocycles. The maximum Gasteiger partial charge on any atom is 0.261 e. The molecule has 1 aromatic carbocycles. The predicted octanol–water partition coefficient (Wildman–Crippen LogP) is 0.0861. The van der Waals surface area contributed by atoms with Crippen LogP contribution in [0.3, 0.4) is 0 Å². The van der Waals surface area contributed by atoms with Crippen molar-refractivity contribution in [3.63, 3.8) is 0 Å². The number of aliphatic hydroxyl groups is 1. The van der Waals surface area contributed by atoms with Gasteiger partial charge in [-0.25, -0.2) is 19.6 Å². The van der Waals surface area contributed by atoms with Crippen LogP contribution in [0.4, 0.5) is 11.5 Å². The SMILES string of the molecule is O=c1c2ccc(N3CCN(c4cncc(-n5cncn5)n4)CC3)cc2ncn1CCO. The van der Waals surface area contributed by atoms with E-state index in [9.17, 15) is 4.79 Å². The molecule has 0 saturated carbocycles. The van der Waals surface area contributed by atoms with Gasteiger partial charge in [-0.2, -0.15) is 5.10 Å². The Labute approximate surface area is 177 Å². The third-order valence-electron chi connectivity index (χ3n) is 5.38. The molecule has 31 heavy (non-hydrogen) atoms. The summed E-state index contributed by atoms with van der Waals surface area (Å²) in [4.78, 5) is 34.2. The largest absolute Gasteiger partial charge is 0.395 e. The minimum absolute atomic E-state index is 0.0957. The van der Waals surface area contributed by atoms with Gasteiger partial charge in [0, 0.05) is 31.9 Å². The normalized spacial score (nSPS) is 14.4. The lowest BCUT2D eigenvalue weighted by Gasteiger charge is -2.36. The molecule has 3 aromatic heterocycles. The molecular weight excluding hydrogens is 398 g/mol. The molecule has 0 radical (unpaired) electrons. The van der Waals surface area contributed by atoms with Gasteiger partial charge in [0.25, 0.3) is 5.56 Å². The van der Waals surface area contributed by atoms with Crippen molar-refractivity contribution in [3.8, 4) is 5.82 Å². The van der Waals surface area contributed by atoms with E-state index in [2.05, 4.69) is 34.8 Å². The first kappa shape index (κ1) is 19.1. The van der Waals surface area contributed by atoms with Crippen LogP contribution in [0.2, 0.25) is 0 Å². The van der Waals surface area contributed by atoms with Crippen LogP contribution < -0.4 is 15.4 Å². The van der Waals surface area contributed by atoms with Gasteiger partial charge in [-0.15, -0.1) is 0 Å². The average Bonchev–Trinajstić information content (AvgIpc) is 3.36. The summed E-state index contributed by atoms with van der Waals surface area (Å²) in [7, 11) is 0. The summed E-state index contributed by atoms with van der Waals surface area (Å²) in [6.07, 6.45) is 7.97. The van der Waals surface area contributed by atoms with Gasteiger partial charge in [0.15, 0.2) is 5.82 Å². The number of aliphatic hydroxyl groups excluding tert-OH is 1. The second kappa shape index (κ2) is 8.11. The quantitative estimate of drug-likeness (QED) is 0.480. The minimum atomic E-state index is -0.138. The second-order valence-electron chi connectivity index (χ2n) is 7.22. The van der Waals surface area contributed by atoms with Crippen molar-refractivity contribution in [2.75, 3.05) is 42.6 Å². The highest BCUT2D eigenvalue weighted by Gasteiger charge is 2.20. The summed E-state index contributed by atoms with van der Waals surface area (Å²) in [6.45, 7) is 3.34. The van der Waals surface area contributed by atoms with Crippen molar-refractivity contribution in [3.05, 3.63) is 59.9 Å². The Morgan fingerprint density at radius 2 is 1.77 bits per heavy atom. The monoisotopic (exact) mass is 419 g/mol. The molecule has 1 fully saturated rings. The number of piperazine rings is 1. The lowest BCUT2D eigenvalue weighted by molar-refractivity contribution is 0.274. The van der Waals surface area contributed by atoms with Crippen LogP contribution in [0, 0.1) is 0 Å². The molecule has 1 saturated heterocycles. The lowest BCUT2D eigenvalue weighted by Crippen LogP contribution is -2.47. The third kappa shape index (κ3) is 3.70. The molecular formula is C20H21N9O2. The van der Waals surface area contributed by atoms with E-state index in [-0.39, 0.29) is 18.7 Å². The lowest BCUT2D eigenvalue weighted by atomic mass is 10.2. The molecule has 5 rings (SSSR count). The Bertz CT molecular complexity index is 1250. The van der Waals surface area contributed by atoms with Crippen molar-refractivity contribution in [2.24, 2.45) is 0 Å². The van der Waals surface area contributed by atoms with Crippen molar-refractivity contribution >= 4 is 22.4 Å². The molecule has 4 heterocycles. The van der Waals surface area contributed by atoms with Crippen LogP contribution >= 0.6 is 0 Å². The number of benzene rings is 1. The van der Waals surface area contributed by atoms with Crippen molar-refractivity contribution < 1.29 is 5.11 Å². The molecule has 0 atom stereocenters. The van der Waals surface area contributed by atoms with E-state index in [1.54, 1.807) is 23.4 Å². The number of hydrogen-bond donors (Lipinski definition) is 1. The van der Waals surface area contributed by atoms with Gasteiger partial charge in [0.2, 0.25) is 0 Å². The van der Waals surface area contributed by atoms with Crippen molar-refractivity contribution in [1.82, 2.24) is 34.3 Å². The van der Waals surface area contributed by atoms with Crippen LogP contribution in [0.15, 0.2) is 54.4 Å². The molecule has 4 aromatic rings. The van der Waals surface area contributed by atoms with E-state index >= 15 is 0 Å². The molecule has 11 heteroatoms. The highest BCUT2D eigenvalue weighted by atomic mass is 16.3. The van der Waals surface area contributed by atoms with E-state index in [1.807, 2.05) is 18.2 Å². The van der Waals surface area contributed by atoms with Gasteiger partial charge in [-0.3, -0.25) is 14.3 Å². The van der Waals surface area contributed by atoms with E-state index in [1.165, 1.54) is 17.2 Å². The Balaban J connectivity index is 1.31. The van der Waals surface area contributed by atoms with E-state index in [0.29, 0.717) is 16.7 Å². The Hall–Kier alpha value is -3.86. The molecule has 0 aliphatic carbocycles.